The van der Waals surface area contributed by atoms with Crippen LogP contribution in [0.25, 0.3) is 0 Å². The molecule has 0 saturated carbocycles. The minimum Gasteiger partial charge on any atom is -0.338 e. The molecule has 1 amide bonds. The third kappa shape index (κ3) is 5.52. The van der Waals surface area contributed by atoms with Crippen molar-refractivity contribution in [2.24, 2.45) is 11.1 Å². The Morgan fingerprint density at radius 3 is 2.37 bits per heavy atom. The number of aromatic nitrogens is 1. The van der Waals surface area contributed by atoms with Gasteiger partial charge in [-0.25, -0.2) is 0 Å². The second kappa shape index (κ2) is 11.1. The smallest absolute Gasteiger partial charge is 0.229 e. The fourth-order valence-electron chi connectivity index (χ4n) is 4.61. The zero-order chi connectivity index (χ0) is 19.4. The molecule has 1 spiro atoms. The van der Waals surface area contributed by atoms with Crippen LogP contribution >= 0.6 is 24.8 Å². The molecule has 1 aromatic carbocycles. The molecule has 164 valence electrons. The number of hydrogen-bond donors (Lipinski definition) is 1. The monoisotopic (exact) mass is 450 g/mol. The SMILES string of the molecule is Cl.Cl.N[C@@H](CCN1CCC2(CC1)CCN(Cc1cccnc1)C2=O)c1ccccc1. The molecule has 2 aromatic rings. The topological polar surface area (TPSA) is 62.5 Å². The number of carbonyl (C=O) groups is 1. The molecule has 2 aliphatic heterocycles. The predicted octanol–water partition coefficient (Wildman–Crippen LogP) is 3.83. The lowest BCUT2D eigenvalue weighted by molar-refractivity contribution is -0.138. The minimum atomic E-state index is -0.139. The highest BCUT2D eigenvalue weighted by Crippen LogP contribution is 2.42. The number of nitrogens with two attached hydrogens (primary N) is 1. The van der Waals surface area contributed by atoms with E-state index in [1.165, 1.54) is 5.56 Å². The van der Waals surface area contributed by atoms with Crippen LogP contribution in [0.15, 0.2) is 54.9 Å². The van der Waals surface area contributed by atoms with Crippen LogP contribution in [0.2, 0.25) is 0 Å². The fraction of sp³-hybridized carbons (Fsp3) is 0.478. The van der Waals surface area contributed by atoms with Crippen molar-refractivity contribution in [1.29, 1.82) is 0 Å². The maximum Gasteiger partial charge on any atom is 0.229 e. The summed E-state index contributed by atoms with van der Waals surface area (Å²) in [6.45, 7) is 4.54. The molecular formula is C23H32Cl2N4O. The first-order valence-electron chi connectivity index (χ1n) is 10.4. The van der Waals surface area contributed by atoms with E-state index in [4.69, 9.17) is 5.73 Å². The first-order chi connectivity index (χ1) is 13.7. The maximum absolute atomic E-state index is 13.1. The summed E-state index contributed by atoms with van der Waals surface area (Å²) in [4.78, 5) is 21.8. The number of benzene rings is 1. The molecule has 2 saturated heterocycles. The van der Waals surface area contributed by atoms with Crippen molar-refractivity contribution in [3.8, 4) is 0 Å². The van der Waals surface area contributed by atoms with Gasteiger partial charge in [-0.15, -0.1) is 24.8 Å². The molecule has 2 N–H and O–H groups in total. The van der Waals surface area contributed by atoms with E-state index in [9.17, 15) is 4.79 Å². The Morgan fingerprint density at radius 2 is 1.70 bits per heavy atom. The summed E-state index contributed by atoms with van der Waals surface area (Å²) in [6.07, 6.45) is 7.51. The van der Waals surface area contributed by atoms with E-state index in [2.05, 4.69) is 22.0 Å². The molecule has 0 unspecified atom stereocenters. The van der Waals surface area contributed by atoms with Gasteiger partial charge in [0.1, 0.15) is 0 Å². The molecule has 2 fully saturated rings. The Kier molecular flexibility index (Phi) is 9.10. The van der Waals surface area contributed by atoms with E-state index in [1.54, 1.807) is 6.20 Å². The van der Waals surface area contributed by atoms with Gasteiger partial charge in [0.15, 0.2) is 0 Å². The van der Waals surface area contributed by atoms with E-state index in [-0.39, 0.29) is 36.3 Å². The number of hydrogen-bond acceptors (Lipinski definition) is 4. The number of nitrogens with zero attached hydrogens (tertiary/aromatic N) is 3. The van der Waals surface area contributed by atoms with E-state index in [1.807, 2.05) is 41.4 Å². The summed E-state index contributed by atoms with van der Waals surface area (Å²) in [7, 11) is 0. The normalized spacial score (nSPS) is 19.2. The van der Waals surface area contributed by atoms with Crippen LogP contribution < -0.4 is 5.73 Å². The van der Waals surface area contributed by atoms with Crippen LogP contribution in [0.4, 0.5) is 0 Å². The number of pyridine rings is 1. The quantitative estimate of drug-likeness (QED) is 0.725. The Bertz CT molecular complexity index is 782. The third-order valence-electron chi connectivity index (χ3n) is 6.49. The average molecular weight is 451 g/mol. The van der Waals surface area contributed by atoms with E-state index in [0.29, 0.717) is 12.5 Å². The summed E-state index contributed by atoms with van der Waals surface area (Å²) in [5, 5.41) is 0. The summed E-state index contributed by atoms with van der Waals surface area (Å²) in [6, 6.07) is 14.4. The van der Waals surface area contributed by atoms with Crippen molar-refractivity contribution in [2.75, 3.05) is 26.2 Å². The van der Waals surface area contributed by atoms with Crippen LogP contribution in [0.1, 0.15) is 42.9 Å². The van der Waals surface area contributed by atoms with Gasteiger partial charge in [-0.2, -0.15) is 0 Å². The van der Waals surface area contributed by atoms with Gasteiger partial charge in [0.2, 0.25) is 5.91 Å². The zero-order valence-electron chi connectivity index (χ0n) is 17.3. The molecule has 7 heteroatoms. The van der Waals surface area contributed by atoms with Gasteiger partial charge in [0.05, 0.1) is 5.41 Å². The summed E-state index contributed by atoms with van der Waals surface area (Å²) < 4.78 is 0. The number of halogens is 2. The third-order valence-corrected chi connectivity index (χ3v) is 6.49. The molecule has 30 heavy (non-hydrogen) atoms. The van der Waals surface area contributed by atoms with E-state index >= 15 is 0 Å². The molecule has 0 radical (unpaired) electrons. The van der Waals surface area contributed by atoms with Crippen molar-refractivity contribution in [3.63, 3.8) is 0 Å². The number of likely N-dealkylation sites (tertiary alicyclic amines) is 2. The first kappa shape index (κ1) is 24.6. The standard InChI is InChI=1S/C23H30N4O.2ClH/c24-21(20-6-2-1-3-7-20)8-13-26-14-9-23(10-15-26)11-16-27(22(23)28)18-19-5-4-12-25-17-19;;/h1-7,12,17,21H,8-11,13-16,18,24H2;2*1H/t21-;;/m0../s1. The molecule has 5 nitrogen and oxygen atoms in total. The van der Waals surface area contributed by atoms with E-state index < -0.39 is 0 Å². The average Bonchev–Trinajstić information content (AvgIpc) is 3.04. The Morgan fingerprint density at radius 1 is 1.00 bits per heavy atom. The second-order valence-electron chi connectivity index (χ2n) is 8.27. The van der Waals surface area contributed by atoms with Crippen molar-refractivity contribution in [2.45, 2.75) is 38.3 Å². The molecule has 2 aliphatic rings. The maximum atomic E-state index is 13.1. The van der Waals surface area contributed by atoms with Crippen molar-refractivity contribution < 1.29 is 4.79 Å². The Labute approximate surface area is 191 Å². The molecule has 0 aliphatic carbocycles. The Balaban J connectivity index is 0.00000160. The van der Waals surface area contributed by atoms with Crippen molar-refractivity contribution >= 4 is 30.7 Å². The van der Waals surface area contributed by atoms with Crippen LogP contribution in [-0.2, 0) is 11.3 Å². The molecule has 1 atom stereocenters. The van der Waals surface area contributed by atoms with Gasteiger partial charge in [0.25, 0.3) is 0 Å². The van der Waals surface area contributed by atoms with Gasteiger partial charge >= 0.3 is 0 Å². The fourth-order valence-corrected chi connectivity index (χ4v) is 4.61. The van der Waals surface area contributed by atoms with Gasteiger partial charge in [-0.3, -0.25) is 9.78 Å². The van der Waals surface area contributed by atoms with Crippen LogP contribution in [0.3, 0.4) is 0 Å². The lowest BCUT2D eigenvalue weighted by atomic mass is 9.77. The van der Waals surface area contributed by atoms with Gasteiger partial charge in [-0.1, -0.05) is 36.4 Å². The lowest BCUT2D eigenvalue weighted by Gasteiger charge is -2.38. The molecular weight excluding hydrogens is 419 g/mol. The highest BCUT2D eigenvalue weighted by molar-refractivity contribution is 5.86. The largest absolute Gasteiger partial charge is 0.338 e. The molecule has 3 heterocycles. The van der Waals surface area contributed by atoms with Crippen LogP contribution in [-0.4, -0.2) is 46.9 Å². The first-order valence-corrected chi connectivity index (χ1v) is 10.4. The molecule has 0 bridgehead atoms. The number of carbonyl (C=O) groups excluding carboxylic acids is 1. The summed E-state index contributed by atoms with van der Waals surface area (Å²) >= 11 is 0. The van der Waals surface area contributed by atoms with Gasteiger partial charge in [-0.05, 0) is 62.5 Å². The molecule has 1 aromatic heterocycles. The summed E-state index contributed by atoms with van der Waals surface area (Å²) in [5.41, 5.74) is 8.52. The van der Waals surface area contributed by atoms with Crippen molar-refractivity contribution in [1.82, 2.24) is 14.8 Å². The number of rotatable bonds is 6. The highest BCUT2D eigenvalue weighted by atomic mass is 35.5. The lowest BCUT2D eigenvalue weighted by Crippen LogP contribution is -2.45. The summed E-state index contributed by atoms with van der Waals surface area (Å²) in [5.74, 6) is 0.344. The van der Waals surface area contributed by atoms with Gasteiger partial charge < -0.3 is 15.5 Å². The molecule has 4 rings (SSSR count). The highest BCUT2D eigenvalue weighted by Gasteiger charge is 2.47. The van der Waals surface area contributed by atoms with Crippen LogP contribution in [0, 0.1) is 5.41 Å². The zero-order valence-corrected chi connectivity index (χ0v) is 18.9. The van der Waals surface area contributed by atoms with E-state index in [0.717, 1.165) is 57.4 Å². The second-order valence-corrected chi connectivity index (χ2v) is 8.27. The van der Waals surface area contributed by atoms with Crippen molar-refractivity contribution in [3.05, 3.63) is 66.0 Å². The number of amides is 1. The number of piperidine rings is 1. The minimum absolute atomic E-state index is 0. The van der Waals surface area contributed by atoms with Gasteiger partial charge in [0, 0.05) is 31.5 Å². The van der Waals surface area contributed by atoms with Crippen LogP contribution in [0.5, 0.6) is 0 Å². The Hall–Kier alpha value is -1.66. The predicted molar refractivity (Wildman–Crippen MR) is 125 cm³/mol.